The first-order valence-electron chi connectivity index (χ1n) is 5.33. The maximum absolute atomic E-state index is 11.9. The molecular formula is C11H11F3N2O2. The molecule has 0 aliphatic carbocycles. The highest BCUT2D eigenvalue weighted by Crippen LogP contribution is 2.20. The van der Waals surface area contributed by atoms with Crippen molar-refractivity contribution in [2.75, 3.05) is 19.7 Å². The maximum Gasteiger partial charge on any atom is 0.411 e. The van der Waals surface area contributed by atoms with Crippen molar-refractivity contribution in [2.45, 2.75) is 12.3 Å². The first-order chi connectivity index (χ1) is 8.46. The molecule has 0 bridgehead atoms. The molecule has 1 fully saturated rings. The van der Waals surface area contributed by atoms with Gasteiger partial charge in [-0.25, -0.2) is 0 Å². The van der Waals surface area contributed by atoms with Gasteiger partial charge in [0.05, 0.1) is 6.10 Å². The van der Waals surface area contributed by atoms with E-state index in [1.165, 1.54) is 17.3 Å². The van der Waals surface area contributed by atoms with Crippen molar-refractivity contribution in [1.29, 1.82) is 0 Å². The first-order valence-corrected chi connectivity index (χ1v) is 5.33. The molecule has 0 saturated carbocycles. The number of hydrogen-bond donors (Lipinski definition) is 0. The van der Waals surface area contributed by atoms with Gasteiger partial charge >= 0.3 is 6.18 Å². The van der Waals surface area contributed by atoms with Crippen molar-refractivity contribution in [3.05, 3.63) is 30.1 Å². The molecule has 2 heterocycles. The zero-order valence-corrected chi connectivity index (χ0v) is 9.35. The molecule has 1 aliphatic rings. The Morgan fingerprint density at radius 3 is 2.56 bits per heavy atom. The van der Waals surface area contributed by atoms with Gasteiger partial charge in [0, 0.05) is 31.0 Å². The van der Waals surface area contributed by atoms with Crippen LogP contribution in [0.4, 0.5) is 13.2 Å². The molecule has 1 amide bonds. The zero-order valence-electron chi connectivity index (χ0n) is 9.35. The van der Waals surface area contributed by atoms with E-state index >= 15 is 0 Å². The molecule has 0 N–H and O–H groups in total. The highest BCUT2D eigenvalue weighted by Gasteiger charge is 2.36. The molecule has 98 valence electrons. The summed E-state index contributed by atoms with van der Waals surface area (Å²) in [5.74, 6) is -0.218. The Morgan fingerprint density at radius 1 is 1.39 bits per heavy atom. The second-order valence-electron chi connectivity index (χ2n) is 3.99. The van der Waals surface area contributed by atoms with Gasteiger partial charge < -0.3 is 9.64 Å². The van der Waals surface area contributed by atoms with Gasteiger partial charge in [0.25, 0.3) is 5.91 Å². The van der Waals surface area contributed by atoms with Crippen LogP contribution in [0.5, 0.6) is 0 Å². The monoisotopic (exact) mass is 260 g/mol. The number of halogens is 3. The third kappa shape index (κ3) is 3.19. The smallest absolute Gasteiger partial charge is 0.365 e. The summed E-state index contributed by atoms with van der Waals surface area (Å²) >= 11 is 0. The van der Waals surface area contributed by atoms with Gasteiger partial charge in [-0.15, -0.1) is 0 Å². The minimum atomic E-state index is -4.32. The Hall–Kier alpha value is -1.63. The quantitative estimate of drug-likeness (QED) is 0.826. The van der Waals surface area contributed by atoms with Crippen molar-refractivity contribution in [2.24, 2.45) is 0 Å². The largest absolute Gasteiger partial charge is 0.411 e. The van der Waals surface area contributed by atoms with E-state index in [2.05, 4.69) is 9.72 Å². The fraction of sp³-hybridized carbons (Fsp3) is 0.455. The van der Waals surface area contributed by atoms with E-state index in [9.17, 15) is 18.0 Å². The molecular weight excluding hydrogens is 249 g/mol. The molecule has 1 aromatic heterocycles. The fourth-order valence-corrected chi connectivity index (χ4v) is 1.60. The Labute approximate surface area is 101 Å². The lowest BCUT2D eigenvalue weighted by Gasteiger charge is -2.39. The van der Waals surface area contributed by atoms with E-state index in [0.29, 0.717) is 5.56 Å². The third-order valence-electron chi connectivity index (χ3n) is 2.55. The molecule has 0 spiro atoms. The van der Waals surface area contributed by atoms with Crippen LogP contribution in [0.2, 0.25) is 0 Å². The molecule has 4 nitrogen and oxygen atoms in total. The van der Waals surface area contributed by atoms with Crippen LogP contribution in [0, 0.1) is 0 Å². The van der Waals surface area contributed by atoms with Gasteiger partial charge in [0.2, 0.25) is 0 Å². The summed E-state index contributed by atoms with van der Waals surface area (Å²) in [6, 6.07) is 3.12. The summed E-state index contributed by atoms with van der Waals surface area (Å²) < 4.78 is 40.3. The van der Waals surface area contributed by atoms with Gasteiger partial charge in [-0.2, -0.15) is 13.2 Å². The number of likely N-dealkylation sites (tertiary alicyclic amines) is 1. The standard InChI is InChI=1S/C11H11F3N2O2/c12-11(13,14)7-18-9-5-16(6-9)10(17)8-1-3-15-4-2-8/h1-4,9H,5-7H2. The summed E-state index contributed by atoms with van der Waals surface area (Å²) in [7, 11) is 0. The Morgan fingerprint density at radius 2 is 2.00 bits per heavy atom. The highest BCUT2D eigenvalue weighted by atomic mass is 19.4. The predicted octanol–water partition coefficient (Wildman–Crippen LogP) is 1.48. The van der Waals surface area contributed by atoms with Crippen molar-refractivity contribution in [1.82, 2.24) is 9.88 Å². The van der Waals surface area contributed by atoms with E-state index < -0.39 is 18.9 Å². The van der Waals surface area contributed by atoms with E-state index in [4.69, 9.17) is 0 Å². The highest BCUT2D eigenvalue weighted by molar-refractivity contribution is 5.94. The number of alkyl halides is 3. The van der Waals surface area contributed by atoms with Crippen LogP contribution in [0.1, 0.15) is 10.4 Å². The summed E-state index contributed by atoms with van der Waals surface area (Å²) in [5.41, 5.74) is 0.472. The molecule has 0 atom stereocenters. The topological polar surface area (TPSA) is 42.4 Å². The molecule has 1 aliphatic heterocycles. The molecule has 7 heteroatoms. The summed E-state index contributed by atoms with van der Waals surface area (Å²) in [5, 5.41) is 0. The van der Waals surface area contributed by atoms with Gasteiger partial charge in [-0.1, -0.05) is 0 Å². The van der Waals surface area contributed by atoms with Crippen molar-refractivity contribution >= 4 is 5.91 Å². The first kappa shape index (κ1) is 12.8. The Bertz CT molecular complexity index is 416. The number of rotatable bonds is 3. The Kier molecular flexibility index (Phi) is 3.51. The molecule has 0 aromatic carbocycles. The molecule has 18 heavy (non-hydrogen) atoms. The minimum absolute atomic E-state index is 0.192. The lowest BCUT2D eigenvalue weighted by atomic mass is 10.1. The molecule has 1 aromatic rings. The third-order valence-corrected chi connectivity index (χ3v) is 2.55. The van der Waals surface area contributed by atoms with Crippen LogP contribution in [0.15, 0.2) is 24.5 Å². The number of carbonyl (C=O) groups excluding carboxylic acids is 1. The number of nitrogens with zero attached hydrogens (tertiary/aromatic N) is 2. The van der Waals surface area contributed by atoms with Gasteiger partial charge in [0.15, 0.2) is 0 Å². The second kappa shape index (κ2) is 4.93. The Balaban J connectivity index is 1.78. The minimum Gasteiger partial charge on any atom is -0.365 e. The van der Waals surface area contributed by atoms with E-state index in [1.807, 2.05) is 0 Å². The molecule has 1 saturated heterocycles. The fourth-order valence-electron chi connectivity index (χ4n) is 1.60. The van der Waals surface area contributed by atoms with E-state index in [-0.39, 0.29) is 19.0 Å². The number of pyridine rings is 1. The van der Waals surface area contributed by atoms with Crippen LogP contribution in [0.25, 0.3) is 0 Å². The van der Waals surface area contributed by atoms with E-state index in [0.717, 1.165) is 0 Å². The lowest BCUT2D eigenvalue weighted by molar-refractivity contribution is -0.196. The van der Waals surface area contributed by atoms with Crippen molar-refractivity contribution < 1.29 is 22.7 Å². The predicted molar refractivity (Wildman–Crippen MR) is 55.9 cm³/mol. The van der Waals surface area contributed by atoms with Crippen LogP contribution in [-0.4, -0.2) is 47.8 Å². The van der Waals surface area contributed by atoms with Crippen LogP contribution in [0.3, 0.4) is 0 Å². The lowest BCUT2D eigenvalue weighted by Crippen LogP contribution is -2.55. The zero-order chi connectivity index (χ0) is 13.2. The van der Waals surface area contributed by atoms with Crippen LogP contribution >= 0.6 is 0 Å². The van der Waals surface area contributed by atoms with Gasteiger partial charge in [0.1, 0.15) is 6.61 Å². The number of aromatic nitrogens is 1. The second-order valence-corrected chi connectivity index (χ2v) is 3.99. The molecule has 0 radical (unpaired) electrons. The maximum atomic E-state index is 11.9. The average Bonchev–Trinajstić information content (AvgIpc) is 2.26. The van der Waals surface area contributed by atoms with E-state index in [1.54, 1.807) is 12.1 Å². The summed E-state index contributed by atoms with van der Waals surface area (Å²) in [6.45, 7) is -0.885. The number of ether oxygens (including phenoxy) is 1. The van der Waals surface area contributed by atoms with Crippen LogP contribution < -0.4 is 0 Å². The van der Waals surface area contributed by atoms with Crippen LogP contribution in [-0.2, 0) is 4.74 Å². The molecule has 0 unspecified atom stereocenters. The normalized spacial score (nSPS) is 16.5. The number of amides is 1. The summed E-state index contributed by atoms with van der Waals surface area (Å²) in [6.07, 6.45) is -1.87. The van der Waals surface area contributed by atoms with Crippen molar-refractivity contribution in [3.63, 3.8) is 0 Å². The van der Waals surface area contributed by atoms with Gasteiger partial charge in [-0.05, 0) is 12.1 Å². The molecule has 2 rings (SSSR count). The van der Waals surface area contributed by atoms with Gasteiger partial charge in [-0.3, -0.25) is 9.78 Å². The number of hydrogen-bond acceptors (Lipinski definition) is 3. The summed E-state index contributed by atoms with van der Waals surface area (Å²) in [4.78, 5) is 17.0. The SMILES string of the molecule is O=C(c1ccncc1)N1CC(OCC(F)(F)F)C1. The number of carbonyl (C=O) groups is 1. The average molecular weight is 260 g/mol. The van der Waals surface area contributed by atoms with Crippen molar-refractivity contribution in [3.8, 4) is 0 Å².